The average molecular weight is 153 g/mol. The second kappa shape index (κ2) is 5.10. The van der Waals surface area contributed by atoms with Gasteiger partial charge < -0.3 is 0 Å². The fourth-order valence-corrected chi connectivity index (χ4v) is 0.269. The Morgan fingerprint density at radius 3 is 2.70 bits per heavy atom. The lowest BCUT2D eigenvalue weighted by Crippen LogP contribution is -2.29. The normalized spacial score (nSPS) is 10.0. The Labute approximate surface area is 57.3 Å². The summed E-state index contributed by atoms with van der Waals surface area (Å²) >= 11 is 0. The smallest absolute Gasteiger partial charge is 0.274 e. The van der Waals surface area contributed by atoms with Gasteiger partial charge in [0.15, 0.2) is 0 Å². The number of amides is 1. The fourth-order valence-electron chi connectivity index (χ4n) is 0.269. The van der Waals surface area contributed by atoms with Gasteiger partial charge in [-0.3, -0.25) is 9.63 Å². The third-order valence-electron chi connectivity index (χ3n) is 0.677. The maximum atomic E-state index is 11.4. The molecule has 0 aliphatic heterocycles. The van der Waals surface area contributed by atoms with E-state index in [2.05, 4.69) is 4.84 Å². The number of hydroxylamine groups is 1. The first-order chi connectivity index (χ1) is 4.68. The van der Waals surface area contributed by atoms with Gasteiger partial charge in [-0.25, -0.2) is 5.48 Å². The van der Waals surface area contributed by atoms with Gasteiger partial charge in [-0.15, -0.1) is 0 Å². The molecule has 0 aliphatic rings. The molecule has 10 heavy (non-hydrogen) atoms. The number of hydrogen-bond acceptors (Lipinski definition) is 2. The summed E-state index contributed by atoms with van der Waals surface area (Å²) in [6.07, 6.45) is -2.33. The van der Waals surface area contributed by atoms with Crippen molar-refractivity contribution in [2.75, 3.05) is 6.61 Å². The van der Waals surface area contributed by atoms with Crippen LogP contribution in [0.4, 0.5) is 8.78 Å². The third kappa shape index (κ3) is 4.20. The number of alkyl halides is 2. The first-order valence-electron chi connectivity index (χ1n) is 2.88. The van der Waals surface area contributed by atoms with Gasteiger partial charge in [-0.1, -0.05) is 6.92 Å². The van der Waals surface area contributed by atoms with Crippen LogP contribution in [0.25, 0.3) is 0 Å². The highest BCUT2D eigenvalue weighted by Crippen LogP contribution is 1.90. The Balaban J connectivity index is 3.22. The molecule has 0 rings (SSSR count). The van der Waals surface area contributed by atoms with E-state index in [0.717, 1.165) is 0 Å². The van der Waals surface area contributed by atoms with E-state index in [1.165, 1.54) is 0 Å². The van der Waals surface area contributed by atoms with E-state index < -0.39 is 12.3 Å². The van der Waals surface area contributed by atoms with Crippen molar-refractivity contribution in [1.29, 1.82) is 0 Å². The molecular formula is C5H9F2NO2. The van der Waals surface area contributed by atoms with Crippen LogP contribution in [0.1, 0.15) is 13.3 Å². The number of rotatable bonds is 4. The van der Waals surface area contributed by atoms with E-state index in [4.69, 9.17) is 0 Å². The maximum absolute atomic E-state index is 11.4. The van der Waals surface area contributed by atoms with Crippen LogP contribution in [-0.4, -0.2) is 18.9 Å². The van der Waals surface area contributed by atoms with Crippen LogP contribution >= 0.6 is 0 Å². The molecule has 60 valence electrons. The van der Waals surface area contributed by atoms with E-state index in [1.807, 2.05) is 0 Å². The van der Waals surface area contributed by atoms with Crippen LogP contribution in [0.15, 0.2) is 0 Å². The van der Waals surface area contributed by atoms with E-state index in [1.54, 1.807) is 12.4 Å². The summed E-state index contributed by atoms with van der Waals surface area (Å²) in [5.41, 5.74) is 1.59. The van der Waals surface area contributed by atoms with Crippen LogP contribution in [0.5, 0.6) is 0 Å². The van der Waals surface area contributed by atoms with E-state index in [-0.39, 0.29) is 6.61 Å². The number of nitrogens with one attached hydrogen (secondary N) is 1. The van der Waals surface area contributed by atoms with Crippen molar-refractivity contribution in [3.63, 3.8) is 0 Å². The Morgan fingerprint density at radius 1 is 1.70 bits per heavy atom. The van der Waals surface area contributed by atoms with Crippen molar-refractivity contribution in [2.24, 2.45) is 0 Å². The Kier molecular flexibility index (Phi) is 4.74. The van der Waals surface area contributed by atoms with Gasteiger partial charge in [0.2, 0.25) is 0 Å². The maximum Gasteiger partial charge on any atom is 0.317 e. The zero-order chi connectivity index (χ0) is 7.98. The van der Waals surface area contributed by atoms with E-state index in [9.17, 15) is 13.6 Å². The minimum atomic E-state index is -3.00. The summed E-state index contributed by atoms with van der Waals surface area (Å²) in [7, 11) is 0. The van der Waals surface area contributed by atoms with Gasteiger partial charge in [0, 0.05) is 0 Å². The Hall–Kier alpha value is -0.710. The van der Waals surface area contributed by atoms with Gasteiger partial charge in [-0.05, 0) is 6.42 Å². The van der Waals surface area contributed by atoms with Gasteiger partial charge >= 0.3 is 12.3 Å². The second-order valence-corrected chi connectivity index (χ2v) is 1.62. The number of carbonyl (C=O) groups excluding carboxylic acids is 1. The van der Waals surface area contributed by atoms with Gasteiger partial charge in [-0.2, -0.15) is 8.78 Å². The number of carbonyl (C=O) groups is 1. The van der Waals surface area contributed by atoms with Crippen LogP contribution in [0.3, 0.4) is 0 Å². The van der Waals surface area contributed by atoms with Gasteiger partial charge in [0.05, 0.1) is 6.61 Å². The molecule has 1 N–H and O–H groups in total. The molecule has 0 bridgehead atoms. The molecule has 0 saturated carbocycles. The molecule has 0 radical (unpaired) electrons. The number of halogens is 2. The predicted octanol–water partition coefficient (Wildman–Crippen LogP) is 0.709. The third-order valence-corrected chi connectivity index (χ3v) is 0.677. The SMILES string of the molecule is CCCONC(=O)C(F)F. The van der Waals surface area contributed by atoms with Crippen molar-refractivity contribution in [2.45, 2.75) is 19.8 Å². The highest BCUT2D eigenvalue weighted by atomic mass is 19.3. The quantitative estimate of drug-likeness (QED) is 0.477. The van der Waals surface area contributed by atoms with Gasteiger partial charge in [0.1, 0.15) is 0 Å². The largest absolute Gasteiger partial charge is 0.317 e. The monoisotopic (exact) mass is 153 g/mol. The molecular weight excluding hydrogens is 144 g/mol. The zero-order valence-corrected chi connectivity index (χ0v) is 5.56. The molecule has 5 heteroatoms. The molecule has 0 aromatic heterocycles. The van der Waals surface area contributed by atoms with Crippen LogP contribution in [0, 0.1) is 0 Å². The van der Waals surface area contributed by atoms with Crippen LogP contribution in [-0.2, 0) is 9.63 Å². The molecule has 0 spiro atoms. The average Bonchev–Trinajstić information content (AvgIpc) is 1.88. The predicted molar refractivity (Wildman–Crippen MR) is 30.4 cm³/mol. The molecule has 0 aliphatic carbocycles. The molecule has 0 unspecified atom stereocenters. The minimum Gasteiger partial charge on any atom is -0.274 e. The molecule has 0 fully saturated rings. The second-order valence-electron chi connectivity index (χ2n) is 1.62. The van der Waals surface area contributed by atoms with Crippen molar-refractivity contribution in [3.8, 4) is 0 Å². The highest BCUT2D eigenvalue weighted by Gasteiger charge is 2.13. The highest BCUT2D eigenvalue weighted by molar-refractivity contribution is 5.77. The lowest BCUT2D eigenvalue weighted by atomic mass is 10.5. The molecule has 1 amide bonds. The summed E-state index contributed by atoms with van der Waals surface area (Å²) in [5, 5.41) is 0. The summed E-state index contributed by atoms with van der Waals surface area (Å²) < 4.78 is 22.7. The summed E-state index contributed by atoms with van der Waals surface area (Å²) in [6, 6.07) is 0. The molecule has 0 atom stereocenters. The van der Waals surface area contributed by atoms with E-state index in [0.29, 0.717) is 6.42 Å². The summed E-state index contributed by atoms with van der Waals surface area (Å²) in [4.78, 5) is 14.4. The zero-order valence-electron chi connectivity index (χ0n) is 5.56. The minimum absolute atomic E-state index is 0.248. The summed E-state index contributed by atoms with van der Waals surface area (Å²) in [5.74, 6) is -1.39. The first kappa shape index (κ1) is 9.29. The van der Waals surface area contributed by atoms with Crippen molar-refractivity contribution >= 4 is 5.91 Å². The summed E-state index contributed by atoms with van der Waals surface area (Å²) in [6.45, 7) is 2.05. The van der Waals surface area contributed by atoms with E-state index >= 15 is 0 Å². The van der Waals surface area contributed by atoms with Crippen LogP contribution in [0.2, 0.25) is 0 Å². The van der Waals surface area contributed by atoms with Crippen LogP contribution < -0.4 is 5.48 Å². The first-order valence-corrected chi connectivity index (χ1v) is 2.88. The topological polar surface area (TPSA) is 38.3 Å². The molecule has 3 nitrogen and oxygen atoms in total. The lowest BCUT2D eigenvalue weighted by Gasteiger charge is -2.01. The Bertz CT molecular complexity index is 108. The number of hydrogen-bond donors (Lipinski definition) is 1. The molecule has 0 aromatic rings. The van der Waals surface area contributed by atoms with Gasteiger partial charge in [0.25, 0.3) is 0 Å². The molecule has 0 heterocycles. The Morgan fingerprint density at radius 2 is 2.30 bits per heavy atom. The van der Waals surface area contributed by atoms with Crippen molar-refractivity contribution in [3.05, 3.63) is 0 Å². The molecule has 0 saturated heterocycles. The van der Waals surface area contributed by atoms with Crippen molar-refractivity contribution in [1.82, 2.24) is 5.48 Å². The standard InChI is InChI=1S/C5H9F2NO2/c1-2-3-10-8-5(9)4(6)7/h4H,2-3H2,1H3,(H,8,9). The lowest BCUT2D eigenvalue weighted by molar-refractivity contribution is -0.144. The molecule has 0 aromatic carbocycles. The van der Waals surface area contributed by atoms with Crippen molar-refractivity contribution < 1.29 is 18.4 Å². The fraction of sp³-hybridized carbons (Fsp3) is 0.800.